The lowest BCUT2D eigenvalue weighted by Gasteiger charge is -2.22. The molecular weight excluding hydrogens is 363 g/mol. The monoisotopic (exact) mass is 384 g/mol. The van der Waals surface area contributed by atoms with E-state index < -0.39 is 23.4 Å². The minimum absolute atomic E-state index is 0.0738. The molecule has 2 aromatic carbocycles. The van der Waals surface area contributed by atoms with Gasteiger partial charge in [-0.1, -0.05) is 42.5 Å². The summed E-state index contributed by atoms with van der Waals surface area (Å²) in [4.78, 5) is 39.0. The maximum Gasteiger partial charge on any atom is 0.344 e. The van der Waals surface area contributed by atoms with Gasteiger partial charge in [-0.05, 0) is 37.2 Å². The number of hydrogen-bond acceptors (Lipinski definition) is 4. The molecule has 0 radical (unpaired) electrons. The summed E-state index contributed by atoms with van der Waals surface area (Å²) >= 11 is 0. The number of hydrogen-bond donors (Lipinski definition) is 2. The van der Waals surface area contributed by atoms with Crippen molar-refractivity contribution in [1.82, 2.24) is 20.7 Å². The third kappa shape index (κ3) is 4.01. The first-order valence-corrected chi connectivity index (χ1v) is 8.74. The van der Waals surface area contributed by atoms with Gasteiger partial charge in [-0.2, -0.15) is 5.01 Å². The highest BCUT2D eigenvalue weighted by Gasteiger charge is 2.49. The average molecular weight is 384 g/mol. The molecule has 1 saturated heterocycles. The summed E-state index contributed by atoms with van der Waals surface area (Å²) in [6.07, 6.45) is 0. The van der Waals surface area contributed by atoms with Crippen LogP contribution in [0.25, 0.3) is 0 Å². The largest absolute Gasteiger partial charge is 0.344 e. The third-order valence-corrected chi connectivity index (χ3v) is 4.53. The fourth-order valence-corrected chi connectivity index (χ4v) is 3.12. The van der Waals surface area contributed by atoms with E-state index >= 15 is 0 Å². The Morgan fingerprint density at radius 1 is 1.18 bits per heavy atom. The summed E-state index contributed by atoms with van der Waals surface area (Å²) in [6, 6.07) is 14.2. The highest BCUT2D eigenvalue weighted by atomic mass is 19.1. The van der Waals surface area contributed by atoms with E-state index in [-0.39, 0.29) is 12.4 Å². The molecule has 2 N–H and O–H groups in total. The van der Waals surface area contributed by atoms with E-state index in [4.69, 9.17) is 0 Å². The minimum Gasteiger partial charge on any atom is -0.318 e. The van der Waals surface area contributed by atoms with Crippen LogP contribution in [0.4, 0.5) is 9.18 Å². The van der Waals surface area contributed by atoms with Gasteiger partial charge in [-0.25, -0.2) is 9.18 Å². The number of rotatable bonds is 6. The number of imide groups is 1. The van der Waals surface area contributed by atoms with Crippen LogP contribution < -0.4 is 10.7 Å². The maximum absolute atomic E-state index is 13.3. The van der Waals surface area contributed by atoms with Gasteiger partial charge in [-0.3, -0.25) is 19.9 Å². The third-order valence-electron chi connectivity index (χ3n) is 4.53. The van der Waals surface area contributed by atoms with Crippen molar-refractivity contribution in [2.45, 2.75) is 19.0 Å². The van der Waals surface area contributed by atoms with Crippen molar-refractivity contribution < 1.29 is 18.8 Å². The van der Waals surface area contributed by atoms with E-state index in [1.54, 1.807) is 55.3 Å². The molecule has 4 amide bonds. The number of carbonyl (C=O) groups is 3. The van der Waals surface area contributed by atoms with Crippen LogP contribution in [-0.2, 0) is 21.7 Å². The summed E-state index contributed by atoms with van der Waals surface area (Å²) in [5, 5.41) is 3.32. The first-order chi connectivity index (χ1) is 13.3. The van der Waals surface area contributed by atoms with Crippen molar-refractivity contribution in [3.8, 4) is 0 Å². The van der Waals surface area contributed by atoms with E-state index in [1.165, 1.54) is 12.1 Å². The fourth-order valence-electron chi connectivity index (χ4n) is 3.12. The lowest BCUT2D eigenvalue weighted by Crippen LogP contribution is -2.50. The maximum atomic E-state index is 13.3. The van der Waals surface area contributed by atoms with Crippen molar-refractivity contribution in [2.75, 3.05) is 13.6 Å². The zero-order chi connectivity index (χ0) is 20.3. The topological polar surface area (TPSA) is 81.8 Å². The van der Waals surface area contributed by atoms with Crippen LogP contribution in [0.1, 0.15) is 18.1 Å². The molecule has 0 unspecified atom stereocenters. The van der Waals surface area contributed by atoms with E-state index in [2.05, 4.69) is 10.7 Å². The summed E-state index contributed by atoms with van der Waals surface area (Å²) in [5.41, 5.74) is 2.43. The van der Waals surface area contributed by atoms with Crippen LogP contribution in [-0.4, -0.2) is 41.3 Å². The molecule has 28 heavy (non-hydrogen) atoms. The molecule has 0 spiro atoms. The SMILES string of the molecule is CN(CC(=O)NN1C(=O)N[C@](C)(c2ccccc2)C1=O)Cc1cccc(F)c1. The van der Waals surface area contributed by atoms with Crippen LogP contribution in [0, 0.1) is 5.82 Å². The van der Waals surface area contributed by atoms with Crippen LogP contribution in [0.5, 0.6) is 0 Å². The normalized spacial score (nSPS) is 19.1. The first kappa shape index (κ1) is 19.5. The Morgan fingerprint density at radius 3 is 2.57 bits per heavy atom. The molecule has 1 atom stereocenters. The van der Waals surface area contributed by atoms with Crippen LogP contribution in [0.15, 0.2) is 54.6 Å². The number of halogens is 1. The predicted molar refractivity (Wildman–Crippen MR) is 100 cm³/mol. The Bertz CT molecular complexity index is 905. The Hall–Kier alpha value is -3.26. The van der Waals surface area contributed by atoms with Crippen molar-refractivity contribution in [3.05, 3.63) is 71.5 Å². The fraction of sp³-hybridized carbons (Fsp3) is 0.250. The molecule has 0 aliphatic carbocycles. The molecule has 2 aromatic rings. The molecule has 7 nitrogen and oxygen atoms in total. The molecular formula is C20H21FN4O3. The lowest BCUT2D eigenvalue weighted by atomic mass is 9.92. The van der Waals surface area contributed by atoms with Crippen molar-refractivity contribution in [1.29, 1.82) is 0 Å². The number of nitrogens with zero attached hydrogens (tertiary/aromatic N) is 2. The molecule has 0 aromatic heterocycles. The van der Waals surface area contributed by atoms with Gasteiger partial charge in [0.2, 0.25) is 0 Å². The molecule has 0 saturated carbocycles. The minimum atomic E-state index is -1.25. The second kappa shape index (κ2) is 7.77. The second-order valence-corrected chi connectivity index (χ2v) is 6.90. The number of nitrogens with one attached hydrogen (secondary N) is 2. The molecule has 1 heterocycles. The molecule has 1 aliphatic heterocycles. The number of carbonyl (C=O) groups excluding carboxylic acids is 3. The number of likely N-dealkylation sites (N-methyl/N-ethyl adjacent to an activating group) is 1. The van der Waals surface area contributed by atoms with Crippen LogP contribution >= 0.6 is 0 Å². The Morgan fingerprint density at radius 2 is 1.89 bits per heavy atom. The zero-order valence-electron chi connectivity index (χ0n) is 15.6. The smallest absolute Gasteiger partial charge is 0.318 e. The quantitative estimate of drug-likeness (QED) is 0.744. The molecule has 1 fully saturated rings. The molecule has 3 rings (SSSR count). The van der Waals surface area contributed by atoms with Crippen molar-refractivity contribution in [3.63, 3.8) is 0 Å². The molecule has 8 heteroatoms. The lowest BCUT2D eigenvalue weighted by molar-refractivity contribution is -0.139. The van der Waals surface area contributed by atoms with Gasteiger partial charge in [0, 0.05) is 6.54 Å². The molecule has 146 valence electrons. The van der Waals surface area contributed by atoms with Crippen LogP contribution in [0.2, 0.25) is 0 Å². The van der Waals surface area contributed by atoms with Gasteiger partial charge < -0.3 is 5.32 Å². The second-order valence-electron chi connectivity index (χ2n) is 6.90. The van der Waals surface area contributed by atoms with Gasteiger partial charge in [0.25, 0.3) is 11.8 Å². The van der Waals surface area contributed by atoms with E-state index in [1.807, 2.05) is 6.07 Å². The number of urea groups is 1. The highest BCUT2D eigenvalue weighted by molar-refractivity contribution is 6.08. The number of benzene rings is 2. The molecule has 1 aliphatic rings. The van der Waals surface area contributed by atoms with Gasteiger partial charge >= 0.3 is 6.03 Å². The van der Waals surface area contributed by atoms with Crippen molar-refractivity contribution in [2.24, 2.45) is 0 Å². The van der Waals surface area contributed by atoms with Gasteiger partial charge in [0.05, 0.1) is 6.54 Å². The Labute approximate surface area is 162 Å². The van der Waals surface area contributed by atoms with Crippen molar-refractivity contribution >= 4 is 17.8 Å². The summed E-state index contributed by atoms with van der Waals surface area (Å²) in [5.74, 6) is -1.44. The predicted octanol–water partition coefficient (Wildman–Crippen LogP) is 1.76. The summed E-state index contributed by atoms with van der Waals surface area (Å²) < 4.78 is 13.3. The van der Waals surface area contributed by atoms with E-state index in [0.29, 0.717) is 22.7 Å². The standard InChI is InChI=1S/C20H21FN4O3/c1-20(15-8-4-3-5-9-15)18(27)25(19(28)22-20)23-17(26)13-24(2)12-14-7-6-10-16(21)11-14/h3-11H,12-13H2,1-2H3,(H,22,28)(H,23,26)/t20-/m1/s1. The van der Waals surface area contributed by atoms with Gasteiger partial charge in [-0.15, -0.1) is 0 Å². The summed E-state index contributed by atoms with van der Waals surface area (Å²) in [6.45, 7) is 1.85. The average Bonchev–Trinajstić information content (AvgIpc) is 2.86. The first-order valence-electron chi connectivity index (χ1n) is 8.74. The van der Waals surface area contributed by atoms with Gasteiger partial charge in [0.15, 0.2) is 0 Å². The molecule has 0 bridgehead atoms. The van der Waals surface area contributed by atoms with Gasteiger partial charge in [0.1, 0.15) is 11.4 Å². The Balaban J connectivity index is 1.62. The number of hydrazine groups is 1. The van der Waals surface area contributed by atoms with E-state index in [9.17, 15) is 18.8 Å². The zero-order valence-corrected chi connectivity index (χ0v) is 15.6. The summed E-state index contributed by atoms with van der Waals surface area (Å²) in [7, 11) is 1.68. The van der Waals surface area contributed by atoms with Crippen LogP contribution in [0.3, 0.4) is 0 Å². The number of amides is 4. The highest BCUT2D eigenvalue weighted by Crippen LogP contribution is 2.27. The van der Waals surface area contributed by atoms with E-state index in [0.717, 1.165) is 0 Å². The Kier molecular flexibility index (Phi) is 5.41.